The van der Waals surface area contributed by atoms with Crippen molar-refractivity contribution in [1.29, 1.82) is 0 Å². The predicted molar refractivity (Wildman–Crippen MR) is 51.8 cm³/mol. The molecule has 0 aliphatic heterocycles. The van der Waals surface area contributed by atoms with E-state index in [4.69, 9.17) is 0 Å². The summed E-state index contributed by atoms with van der Waals surface area (Å²) in [5.41, 5.74) is 0. The molecule has 4 nitrogen and oxygen atoms in total. The van der Waals surface area contributed by atoms with Gasteiger partial charge in [0.15, 0.2) is 0 Å². The minimum atomic E-state index is -0.224. The fraction of sp³-hybridized carbons (Fsp3) is 0.750. The maximum absolute atomic E-state index is 9.66. The van der Waals surface area contributed by atoms with Crippen molar-refractivity contribution in [3.8, 4) is 0 Å². The SMILES string of the molecule is O[C@H]1CCCC[C@@H]1Nc1ncns1. The van der Waals surface area contributed by atoms with Gasteiger partial charge in [0, 0.05) is 11.5 Å². The summed E-state index contributed by atoms with van der Waals surface area (Å²) in [6.45, 7) is 0. The van der Waals surface area contributed by atoms with E-state index in [9.17, 15) is 5.11 Å². The van der Waals surface area contributed by atoms with Crippen LogP contribution in [0.15, 0.2) is 6.33 Å². The summed E-state index contributed by atoms with van der Waals surface area (Å²) in [5.74, 6) is 0. The maximum Gasteiger partial charge on any atom is 0.202 e. The monoisotopic (exact) mass is 199 g/mol. The van der Waals surface area contributed by atoms with Crippen molar-refractivity contribution in [1.82, 2.24) is 9.36 Å². The van der Waals surface area contributed by atoms with Gasteiger partial charge in [-0.25, -0.2) is 4.98 Å². The van der Waals surface area contributed by atoms with Crippen molar-refractivity contribution in [2.45, 2.75) is 37.8 Å². The van der Waals surface area contributed by atoms with Crippen molar-refractivity contribution < 1.29 is 5.11 Å². The molecule has 72 valence electrons. The Bertz CT molecular complexity index is 252. The molecule has 0 saturated heterocycles. The van der Waals surface area contributed by atoms with Crippen molar-refractivity contribution >= 4 is 16.7 Å². The molecule has 0 aromatic carbocycles. The Morgan fingerprint density at radius 1 is 1.46 bits per heavy atom. The Kier molecular flexibility index (Phi) is 2.75. The van der Waals surface area contributed by atoms with E-state index in [1.807, 2.05) is 0 Å². The van der Waals surface area contributed by atoms with Crippen LogP contribution in [0.3, 0.4) is 0 Å². The van der Waals surface area contributed by atoms with Crippen molar-refractivity contribution in [2.24, 2.45) is 0 Å². The van der Waals surface area contributed by atoms with E-state index in [0.717, 1.165) is 24.4 Å². The fourth-order valence-corrected chi connectivity index (χ4v) is 2.17. The second-order valence-corrected chi connectivity index (χ2v) is 4.13. The van der Waals surface area contributed by atoms with Crippen LogP contribution in [0, 0.1) is 0 Å². The van der Waals surface area contributed by atoms with E-state index in [-0.39, 0.29) is 12.1 Å². The van der Waals surface area contributed by atoms with Gasteiger partial charge in [-0.2, -0.15) is 4.37 Å². The Morgan fingerprint density at radius 3 is 3.00 bits per heavy atom. The molecule has 2 rings (SSSR count). The number of rotatable bonds is 2. The highest BCUT2D eigenvalue weighted by atomic mass is 32.1. The first kappa shape index (κ1) is 8.90. The molecule has 0 unspecified atom stereocenters. The first-order valence-corrected chi connectivity index (χ1v) is 5.35. The second-order valence-electron chi connectivity index (χ2n) is 3.35. The summed E-state index contributed by atoms with van der Waals surface area (Å²) in [6, 6.07) is 0.168. The first-order chi connectivity index (χ1) is 6.36. The molecule has 0 bridgehead atoms. The van der Waals surface area contributed by atoms with Gasteiger partial charge in [0.2, 0.25) is 5.13 Å². The van der Waals surface area contributed by atoms with Crippen molar-refractivity contribution in [2.75, 3.05) is 5.32 Å². The fourth-order valence-electron chi connectivity index (χ4n) is 1.67. The molecule has 1 saturated carbocycles. The molecular weight excluding hydrogens is 186 g/mol. The van der Waals surface area contributed by atoms with Crippen molar-refractivity contribution in [3.63, 3.8) is 0 Å². The average Bonchev–Trinajstić information content (AvgIpc) is 2.61. The molecule has 0 spiro atoms. The van der Waals surface area contributed by atoms with Gasteiger partial charge in [-0.15, -0.1) is 0 Å². The third kappa shape index (κ3) is 2.16. The van der Waals surface area contributed by atoms with Crippen LogP contribution in [-0.2, 0) is 0 Å². The minimum Gasteiger partial charge on any atom is -0.391 e. The quantitative estimate of drug-likeness (QED) is 0.752. The van der Waals surface area contributed by atoms with Crippen LogP contribution in [0.2, 0.25) is 0 Å². The lowest BCUT2D eigenvalue weighted by Gasteiger charge is -2.27. The van der Waals surface area contributed by atoms with Gasteiger partial charge in [0.25, 0.3) is 0 Å². The highest BCUT2D eigenvalue weighted by Crippen LogP contribution is 2.22. The van der Waals surface area contributed by atoms with E-state index in [0.29, 0.717) is 0 Å². The maximum atomic E-state index is 9.66. The summed E-state index contributed by atoms with van der Waals surface area (Å²) >= 11 is 1.34. The molecule has 1 aliphatic rings. The van der Waals surface area contributed by atoms with Crippen LogP contribution in [0.1, 0.15) is 25.7 Å². The molecule has 1 heterocycles. The standard InChI is InChI=1S/C8H13N3OS/c12-7-4-2-1-3-6(7)11-8-9-5-10-13-8/h5-7,12H,1-4H2,(H,9,10,11)/t6-,7-/m0/s1. The van der Waals surface area contributed by atoms with Crippen LogP contribution in [0.4, 0.5) is 5.13 Å². The first-order valence-electron chi connectivity index (χ1n) is 4.57. The number of aromatic nitrogens is 2. The number of aliphatic hydroxyl groups is 1. The summed E-state index contributed by atoms with van der Waals surface area (Å²) in [5, 5.41) is 13.7. The lowest BCUT2D eigenvalue weighted by molar-refractivity contribution is 0.116. The Labute approximate surface area is 81.2 Å². The van der Waals surface area contributed by atoms with Gasteiger partial charge in [0.05, 0.1) is 12.1 Å². The third-order valence-electron chi connectivity index (χ3n) is 2.40. The van der Waals surface area contributed by atoms with Crippen LogP contribution < -0.4 is 5.32 Å². The van der Waals surface area contributed by atoms with Gasteiger partial charge >= 0.3 is 0 Å². The van der Waals surface area contributed by atoms with Gasteiger partial charge < -0.3 is 10.4 Å². The molecule has 0 radical (unpaired) electrons. The van der Waals surface area contributed by atoms with E-state index in [1.54, 1.807) is 0 Å². The lowest BCUT2D eigenvalue weighted by atomic mass is 9.93. The molecule has 0 amide bonds. The largest absolute Gasteiger partial charge is 0.391 e. The minimum absolute atomic E-state index is 0.168. The number of anilines is 1. The molecule has 1 aliphatic carbocycles. The van der Waals surface area contributed by atoms with E-state index in [2.05, 4.69) is 14.7 Å². The summed E-state index contributed by atoms with van der Waals surface area (Å²) < 4.78 is 3.90. The highest BCUT2D eigenvalue weighted by Gasteiger charge is 2.23. The van der Waals surface area contributed by atoms with Crippen LogP contribution >= 0.6 is 11.5 Å². The van der Waals surface area contributed by atoms with Crippen LogP contribution in [0.5, 0.6) is 0 Å². The zero-order chi connectivity index (χ0) is 9.10. The van der Waals surface area contributed by atoms with Gasteiger partial charge in [-0.1, -0.05) is 12.8 Å². The lowest BCUT2D eigenvalue weighted by Crippen LogP contribution is -2.36. The third-order valence-corrected chi connectivity index (χ3v) is 3.00. The smallest absolute Gasteiger partial charge is 0.202 e. The predicted octanol–water partition coefficient (Wildman–Crippen LogP) is 1.25. The number of nitrogens with one attached hydrogen (secondary N) is 1. The molecule has 2 N–H and O–H groups in total. The molecule has 1 aromatic rings. The van der Waals surface area contributed by atoms with Gasteiger partial charge in [-0.3, -0.25) is 0 Å². The van der Waals surface area contributed by atoms with Crippen molar-refractivity contribution in [3.05, 3.63) is 6.33 Å². The Hall–Kier alpha value is -0.680. The molecular formula is C8H13N3OS. The number of aliphatic hydroxyl groups excluding tert-OH is 1. The molecule has 13 heavy (non-hydrogen) atoms. The number of hydrogen-bond donors (Lipinski definition) is 2. The highest BCUT2D eigenvalue weighted by molar-refractivity contribution is 7.09. The zero-order valence-electron chi connectivity index (χ0n) is 7.31. The molecule has 2 atom stereocenters. The molecule has 1 aromatic heterocycles. The van der Waals surface area contributed by atoms with Crippen LogP contribution in [0.25, 0.3) is 0 Å². The van der Waals surface area contributed by atoms with E-state index >= 15 is 0 Å². The normalized spacial score (nSPS) is 28.7. The summed E-state index contributed by atoms with van der Waals surface area (Å²) in [4.78, 5) is 4.03. The zero-order valence-corrected chi connectivity index (χ0v) is 8.13. The number of hydrogen-bond acceptors (Lipinski definition) is 5. The topological polar surface area (TPSA) is 58.0 Å². The summed E-state index contributed by atoms with van der Waals surface area (Å²) in [6.07, 6.45) is 5.56. The van der Waals surface area contributed by atoms with E-state index in [1.165, 1.54) is 24.3 Å². The Balaban J connectivity index is 1.93. The average molecular weight is 199 g/mol. The molecule has 5 heteroatoms. The second kappa shape index (κ2) is 4.02. The van der Waals surface area contributed by atoms with E-state index < -0.39 is 0 Å². The molecule has 1 fully saturated rings. The Morgan fingerprint density at radius 2 is 2.31 bits per heavy atom. The number of nitrogens with zero attached hydrogens (tertiary/aromatic N) is 2. The van der Waals surface area contributed by atoms with Gasteiger partial charge in [-0.05, 0) is 12.8 Å². The van der Waals surface area contributed by atoms with Crippen LogP contribution in [-0.4, -0.2) is 26.6 Å². The summed E-state index contributed by atoms with van der Waals surface area (Å²) in [7, 11) is 0. The van der Waals surface area contributed by atoms with Gasteiger partial charge in [0.1, 0.15) is 6.33 Å².